The largest absolute Gasteiger partial charge is 0.385 e. The second-order valence-corrected chi connectivity index (χ2v) is 9.94. The quantitative estimate of drug-likeness (QED) is 0.211. The van der Waals surface area contributed by atoms with Crippen molar-refractivity contribution in [3.8, 4) is 27.9 Å². The molecule has 2 aromatic heterocycles. The van der Waals surface area contributed by atoms with Gasteiger partial charge in [0.25, 0.3) is 0 Å². The van der Waals surface area contributed by atoms with E-state index in [1.165, 1.54) is 72.9 Å². The number of hydrogen-bond donors (Lipinski definition) is 1. The third-order valence-corrected chi connectivity index (χ3v) is 7.37. The fourth-order valence-corrected chi connectivity index (χ4v) is 5.18. The Morgan fingerprint density at radius 2 is 1.20 bits per heavy atom. The molecule has 1 aliphatic rings. The zero-order valence-electron chi connectivity index (χ0n) is 20.9. The van der Waals surface area contributed by atoms with Crippen LogP contribution in [0.1, 0.15) is 44.9 Å². The van der Waals surface area contributed by atoms with E-state index in [9.17, 15) is 0 Å². The SMILES string of the molecule is C[n+]1ccc(-c2cc[n+](-c3ccc(-c4ccc(NCCCCC5CCCC5)cc4)cc3)cc2)cc1. The number of rotatable bonds is 9. The molecule has 0 aliphatic heterocycles. The lowest BCUT2D eigenvalue weighted by molar-refractivity contribution is -0.671. The molecule has 2 aromatic carbocycles. The summed E-state index contributed by atoms with van der Waals surface area (Å²) >= 11 is 0. The molecule has 35 heavy (non-hydrogen) atoms. The first-order chi connectivity index (χ1) is 17.2. The van der Waals surface area contributed by atoms with Crippen LogP contribution in [0, 0.1) is 5.92 Å². The van der Waals surface area contributed by atoms with Crippen molar-refractivity contribution in [3.05, 3.63) is 97.6 Å². The van der Waals surface area contributed by atoms with Gasteiger partial charge < -0.3 is 5.32 Å². The van der Waals surface area contributed by atoms with Crippen LogP contribution in [0.25, 0.3) is 27.9 Å². The fraction of sp³-hybridized carbons (Fsp3) is 0.312. The number of pyridine rings is 2. The van der Waals surface area contributed by atoms with Crippen LogP contribution in [-0.4, -0.2) is 6.54 Å². The van der Waals surface area contributed by atoms with Gasteiger partial charge in [0.05, 0.1) is 0 Å². The first-order valence-corrected chi connectivity index (χ1v) is 13.2. The minimum Gasteiger partial charge on any atom is -0.385 e. The Bertz CT molecular complexity index is 1190. The number of aromatic nitrogens is 2. The third kappa shape index (κ3) is 6.16. The van der Waals surface area contributed by atoms with E-state index < -0.39 is 0 Å². The Labute approximate surface area is 210 Å². The maximum Gasteiger partial charge on any atom is 0.210 e. The van der Waals surface area contributed by atoms with Crippen molar-refractivity contribution >= 4 is 5.69 Å². The molecule has 1 N–H and O–H groups in total. The number of anilines is 1. The van der Waals surface area contributed by atoms with Crippen molar-refractivity contribution < 1.29 is 9.13 Å². The summed E-state index contributed by atoms with van der Waals surface area (Å²) in [4.78, 5) is 0. The maximum absolute atomic E-state index is 3.59. The predicted molar refractivity (Wildman–Crippen MR) is 144 cm³/mol. The molecule has 0 atom stereocenters. The number of nitrogens with zero attached hydrogens (tertiary/aromatic N) is 2. The molecule has 0 radical (unpaired) electrons. The normalized spacial score (nSPS) is 13.7. The number of unbranched alkanes of at least 4 members (excludes halogenated alkanes) is 1. The van der Waals surface area contributed by atoms with Crippen molar-refractivity contribution in [2.24, 2.45) is 13.0 Å². The van der Waals surface area contributed by atoms with Crippen molar-refractivity contribution in [2.45, 2.75) is 44.9 Å². The molecule has 0 amide bonds. The molecule has 1 aliphatic carbocycles. The summed E-state index contributed by atoms with van der Waals surface area (Å²) in [5, 5.41) is 3.59. The monoisotopic (exact) mass is 463 g/mol. The summed E-state index contributed by atoms with van der Waals surface area (Å²) in [5.41, 5.74) is 7.32. The molecule has 0 bridgehead atoms. The Morgan fingerprint density at radius 3 is 1.83 bits per heavy atom. The van der Waals surface area contributed by atoms with E-state index in [0.717, 1.165) is 18.2 Å². The molecule has 3 heteroatoms. The lowest BCUT2D eigenvalue weighted by Gasteiger charge is -2.10. The van der Waals surface area contributed by atoms with Gasteiger partial charge in [0.15, 0.2) is 24.8 Å². The minimum absolute atomic E-state index is 1.01. The lowest BCUT2D eigenvalue weighted by Crippen LogP contribution is -2.29. The summed E-state index contributed by atoms with van der Waals surface area (Å²) in [5.74, 6) is 1.01. The second-order valence-electron chi connectivity index (χ2n) is 9.94. The first-order valence-electron chi connectivity index (χ1n) is 13.2. The predicted octanol–water partition coefficient (Wildman–Crippen LogP) is 6.89. The smallest absolute Gasteiger partial charge is 0.210 e. The van der Waals surface area contributed by atoms with E-state index in [2.05, 4.69) is 112 Å². The number of aryl methyl sites for hydroxylation is 1. The molecule has 1 saturated carbocycles. The highest BCUT2D eigenvalue weighted by Crippen LogP contribution is 2.29. The highest BCUT2D eigenvalue weighted by atomic mass is 14.9. The van der Waals surface area contributed by atoms with E-state index in [1.807, 2.05) is 7.05 Å². The summed E-state index contributed by atoms with van der Waals surface area (Å²) < 4.78 is 4.22. The number of nitrogens with one attached hydrogen (secondary N) is 1. The van der Waals surface area contributed by atoms with Gasteiger partial charge >= 0.3 is 0 Å². The maximum atomic E-state index is 3.59. The van der Waals surface area contributed by atoms with Crippen LogP contribution < -0.4 is 14.5 Å². The number of benzene rings is 2. The van der Waals surface area contributed by atoms with Gasteiger partial charge in [-0.3, -0.25) is 0 Å². The summed E-state index contributed by atoms with van der Waals surface area (Å²) in [6.07, 6.45) is 18.3. The first kappa shape index (κ1) is 23.3. The van der Waals surface area contributed by atoms with Gasteiger partial charge in [0.1, 0.15) is 7.05 Å². The minimum atomic E-state index is 1.01. The van der Waals surface area contributed by atoms with Crippen LogP contribution in [-0.2, 0) is 7.05 Å². The van der Waals surface area contributed by atoms with Gasteiger partial charge in [-0.15, -0.1) is 0 Å². The fourth-order valence-electron chi connectivity index (χ4n) is 5.18. The highest BCUT2D eigenvalue weighted by Gasteiger charge is 2.14. The molecule has 3 nitrogen and oxygen atoms in total. The van der Waals surface area contributed by atoms with Gasteiger partial charge in [-0.1, -0.05) is 50.7 Å². The molecule has 0 saturated heterocycles. The van der Waals surface area contributed by atoms with Crippen molar-refractivity contribution in [2.75, 3.05) is 11.9 Å². The number of hydrogen-bond acceptors (Lipinski definition) is 1. The molecule has 5 rings (SSSR count). The van der Waals surface area contributed by atoms with Crippen LogP contribution in [0.3, 0.4) is 0 Å². The Balaban J connectivity index is 1.14. The van der Waals surface area contributed by atoms with E-state index in [1.54, 1.807) is 0 Å². The molecular formula is C32H37N3+2. The van der Waals surface area contributed by atoms with Gasteiger partial charge in [0, 0.05) is 48.6 Å². The molecule has 0 unspecified atom stereocenters. The summed E-state index contributed by atoms with van der Waals surface area (Å²) in [6, 6.07) is 26.3. The van der Waals surface area contributed by atoms with Gasteiger partial charge in [-0.25, -0.2) is 4.57 Å². The average molecular weight is 464 g/mol. The Morgan fingerprint density at radius 1 is 0.657 bits per heavy atom. The van der Waals surface area contributed by atoms with Gasteiger partial charge in [-0.05, 0) is 58.9 Å². The molecule has 178 valence electrons. The second kappa shape index (κ2) is 11.3. The van der Waals surface area contributed by atoms with Crippen molar-refractivity contribution in [3.63, 3.8) is 0 Å². The topological polar surface area (TPSA) is 19.8 Å². The molecule has 4 aromatic rings. The molecule has 2 heterocycles. The van der Waals surface area contributed by atoms with Gasteiger partial charge in [0.2, 0.25) is 5.69 Å². The van der Waals surface area contributed by atoms with Crippen LogP contribution in [0.5, 0.6) is 0 Å². The van der Waals surface area contributed by atoms with E-state index in [4.69, 9.17) is 0 Å². The van der Waals surface area contributed by atoms with Crippen LogP contribution in [0.2, 0.25) is 0 Å². The lowest BCUT2D eigenvalue weighted by atomic mass is 10.0. The summed E-state index contributed by atoms with van der Waals surface area (Å²) in [6.45, 7) is 1.07. The molecular weight excluding hydrogens is 426 g/mol. The van der Waals surface area contributed by atoms with Crippen LogP contribution in [0.15, 0.2) is 97.6 Å². The van der Waals surface area contributed by atoms with Crippen LogP contribution >= 0.6 is 0 Å². The third-order valence-electron chi connectivity index (χ3n) is 7.37. The van der Waals surface area contributed by atoms with Gasteiger partial charge in [-0.2, -0.15) is 4.57 Å². The standard InChI is InChI=1S/C32H36N3/c1-34-22-17-29(18-23-34)30-19-24-35(25-20-30)32-15-11-28(12-16-32)27-9-13-31(14-10-27)33-21-5-4-8-26-6-2-3-7-26/h9-20,22-26H,2-8,21H2,1H3/q+1/p+1. The van der Waals surface area contributed by atoms with E-state index >= 15 is 0 Å². The Hall–Kier alpha value is -3.46. The van der Waals surface area contributed by atoms with E-state index in [0.29, 0.717) is 0 Å². The zero-order valence-corrected chi connectivity index (χ0v) is 20.9. The Kier molecular flexibility index (Phi) is 7.53. The average Bonchev–Trinajstić information content (AvgIpc) is 3.43. The van der Waals surface area contributed by atoms with E-state index in [-0.39, 0.29) is 0 Å². The molecule has 1 fully saturated rings. The van der Waals surface area contributed by atoms with Crippen LogP contribution in [0.4, 0.5) is 5.69 Å². The summed E-state index contributed by atoms with van der Waals surface area (Å²) in [7, 11) is 2.04. The van der Waals surface area contributed by atoms with Crippen molar-refractivity contribution in [1.29, 1.82) is 0 Å². The molecule has 0 spiro atoms. The zero-order chi connectivity index (χ0) is 23.9. The highest BCUT2D eigenvalue weighted by molar-refractivity contribution is 5.66. The van der Waals surface area contributed by atoms with Crippen molar-refractivity contribution in [1.82, 2.24) is 0 Å².